The van der Waals surface area contributed by atoms with Crippen molar-refractivity contribution in [1.29, 1.82) is 5.26 Å². The minimum atomic E-state index is -4.64. The van der Waals surface area contributed by atoms with Gasteiger partial charge in [0.25, 0.3) is 0 Å². The van der Waals surface area contributed by atoms with Gasteiger partial charge in [0.05, 0.1) is 21.8 Å². The van der Waals surface area contributed by atoms with Crippen molar-refractivity contribution in [1.82, 2.24) is 30.2 Å². The fourth-order valence-electron chi connectivity index (χ4n) is 6.10. The third-order valence-corrected chi connectivity index (χ3v) is 12.8. The van der Waals surface area contributed by atoms with Gasteiger partial charge in [-0.25, -0.2) is 40.9 Å². The number of pyridine rings is 4. The summed E-state index contributed by atoms with van der Waals surface area (Å²) < 4.78 is 58.4. The van der Waals surface area contributed by atoms with Crippen LogP contribution in [0.15, 0.2) is 91.7 Å². The monoisotopic (exact) mass is 2010 g/mol. The molecule has 0 unspecified atom stereocenters. The van der Waals surface area contributed by atoms with E-state index in [4.69, 9.17) is 107 Å². The molecular formula is C74H124Br5Cl4F3MgN9O13Ti-. The van der Waals surface area contributed by atoms with Gasteiger partial charge in [0, 0.05) is 88.6 Å². The fraction of sp³-hybridized carbons (Fsp3) is 0.635. The largest absolute Gasteiger partial charge is 2.00 e. The van der Waals surface area contributed by atoms with Gasteiger partial charge in [-0.2, -0.15) is 31.8 Å². The van der Waals surface area contributed by atoms with E-state index in [9.17, 15) is 27.6 Å². The van der Waals surface area contributed by atoms with Crippen LogP contribution in [0.25, 0.3) is 0 Å². The van der Waals surface area contributed by atoms with Crippen molar-refractivity contribution in [2.75, 3.05) is 36.9 Å². The van der Waals surface area contributed by atoms with Crippen molar-refractivity contribution in [2.45, 2.75) is 268 Å². The Hall–Kier alpha value is -1.72. The van der Waals surface area contributed by atoms with Gasteiger partial charge in [-0.3, -0.25) is 4.79 Å². The zero-order valence-corrected chi connectivity index (χ0v) is 81.0. The number of aldehydes is 1. The molecule has 3 aliphatic carbocycles. The van der Waals surface area contributed by atoms with E-state index in [1.807, 2.05) is 82.2 Å². The first-order chi connectivity index (χ1) is 48.7. The number of rotatable bonds is 7. The molecule has 0 radical (unpaired) electrons. The van der Waals surface area contributed by atoms with E-state index in [1.54, 1.807) is 122 Å². The number of alkyl carbamates (subject to hydrolysis) is 1. The molecule has 1 amide bonds. The number of hydrogen-bond acceptors (Lipinski definition) is 21. The van der Waals surface area contributed by atoms with Crippen LogP contribution < -0.4 is 33.8 Å². The Morgan fingerprint density at radius 1 is 0.618 bits per heavy atom. The van der Waals surface area contributed by atoms with Crippen molar-refractivity contribution in [3.05, 3.63) is 128 Å². The van der Waals surface area contributed by atoms with Gasteiger partial charge >= 0.3 is 47.6 Å². The molecule has 22 nitrogen and oxygen atoms in total. The first kappa shape index (κ1) is 132. The summed E-state index contributed by atoms with van der Waals surface area (Å²) in [6.45, 7) is 47.3. The quantitative estimate of drug-likeness (QED) is 0.0132. The molecule has 3 saturated carbocycles. The van der Waals surface area contributed by atoms with Gasteiger partial charge in [-0.05, 0) is 287 Å². The number of aromatic nitrogens is 4. The van der Waals surface area contributed by atoms with E-state index < -0.39 is 41.6 Å². The predicted molar refractivity (Wildman–Crippen MR) is 448 cm³/mol. The molecule has 4 fully saturated rings. The van der Waals surface area contributed by atoms with Crippen LogP contribution in [-0.2, 0) is 66.8 Å². The SMILES string of the molecule is C.CC(C)(C)OC(=O)NC1(c2ccc(Br)nc2)CC1.CC(C)(C)OC(=O)OC(=O)OC(C)(C)C.CC(C)O.CC(C)O.CC(C)O.CC(C)O.CCN(CC)CC.ClCCl.ClCCl.N#Cc1ccc(Br)nc1.NC1(c2ccc(Br)nc2)CC1.NC1(c2ccc(Br)nc2)CC1.O=CC(F)(F)F.[Br-].[CH-]1CCCO1.[CH2-]C.[Mg+2].[Ti]. The number of aliphatic hydroxyl groups excluding tert-OH is 4. The number of carbonyl (C=O) groups is 4. The van der Waals surface area contributed by atoms with Crippen LogP contribution in [0.2, 0.25) is 0 Å². The normalized spacial score (nSPS) is 13.1. The Labute approximate surface area is 751 Å². The molecule has 9 N–H and O–H groups in total. The maximum Gasteiger partial charge on any atom is 2.00 e. The maximum atomic E-state index is 11.8. The summed E-state index contributed by atoms with van der Waals surface area (Å²) in [4.78, 5) is 61.2. The molecule has 8 rings (SSSR count). The number of hydrogen-bond donors (Lipinski definition) is 7. The molecule has 4 aromatic rings. The molecule has 0 atom stereocenters. The maximum absolute atomic E-state index is 11.8. The van der Waals surface area contributed by atoms with Gasteiger partial charge in [0.15, 0.2) is 0 Å². The summed E-state index contributed by atoms with van der Waals surface area (Å²) in [5.74, 6) is 0. The molecule has 0 spiro atoms. The van der Waals surface area contributed by atoms with Crippen LogP contribution in [-0.4, -0.2) is 177 Å². The molecule has 0 aromatic carbocycles. The van der Waals surface area contributed by atoms with Gasteiger partial charge in [0.1, 0.15) is 41.3 Å². The van der Waals surface area contributed by atoms with Crippen LogP contribution in [0.5, 0.6) is 0 Å². The van der Waals surface area contributed by atoms with Crippen molar-refractivity contribution in [3.8, 4) is 6.07 Å². The summed E-state index contributed by atoms with van der Waals surface area (Å²) in [5, 5.41) is 43.9. The second-order valence-corrected chi connectivity index (χ2v) is 31.0. The zero-order chi connectivity index (χ0) is 84.3. The topological polar surface area (TPSA) is 338 Å². The number of ether oxygens (including phenoxy) is 5. The molecule has 634 valence electrons. The summed E-state index contributed by atoms with van der Waals surface area (Å²) >= 11 is 32.1. The van der Waals surface area contributed by atoms with E-state index in [1.165, 1.54) is 32.3 Å². The standard InChI is InChI=1S/C13H17BrN2O2.C10H18O5.2C8H9BrN2.C6H3BrN2.C6H15N.C4H7O.4C3H8O.C2HF3O.C2H5.2CH2Cl2.CH4.BrH.Mg.Ti/c1-12(2,3)18-11(17)16-13(6-7-13)9-4-5-10(14)15-8-9;1-9(2,3)14-7(11)13-8(12)15-10(4,5)6;2*9-7-2-1-6(5-11-7)8(10)3-4-8;7-6-2-1-5(3-8)4-9-6;1-4-7(5-2)6-3;1-2-4-5-3-1;4*1-3(2)4;3-2(4,5)1-6;1-2;2*2-1-3;;;;/h4-5,8H,6-7H2,1-3H3,(H,16,17);1-6H3;2*1-2,5H,3-4,10H2;1-2,4H;4-6H2,1-3H3;3H,1-2,4H2;4*3-4H,1-2H3;1H;1H2,2H3;2*1H2;1H4;1H;;/q;;;;;;-1;;;;;;-1;;;;;+2;/p-1. The number of nitriles is 1. The number of carbonyl (C=O) groups excluding carboxylic acids is 4. The smallest absolute Gasteiger partial charge is 1.00 e. The number of nitrogens with two attached hydrogens (primary N) is 2. The molecule has 110 heavy (non-hydrogen) atoms. The second kappa shape index (κ2) is 74.8. The van der Waals surface area contributed by atoms with Crippen LogP contribution in [0.4, 0.5) is 27.6 Å². The number of nitrogens with one attached hydrogen (secondary N) is 1. The van der Waals surface area contributed by atoms with E-state index in [0.29, 0.717) is 5.56 Å². The second-order valence-electron chi connectivity index (χ2n) is 26.2. The van der Waals surface area contributed by atoms with Crippen LogP contribution in [0, 0.1) is 24.9 Å². The van der Waals surface area contributed by atoms with Crippen LogP contribution in [0.3, 0.4) is 0 Å². The summed E-state index contributed by atoms with van der Waals surface area (Å²) in [6, 6.07) is 17.2. The fourth-order valence-corrected chi connectivity index (χ4v) is 7.03. The average Bonchev–Trinajstić information content (AvgIpc) is 1.63. The number of alkyl halides is 7. The summed E-state index contributed by atoms with van der Waals surface area (Å²) in [5.41, 5.74) is 13.6. The third kappa shape index (κ3) is 95.1. The van der Waals surface area contributed by atoms with E-state index >= 15 is 0 Å². The minimum absolute atomic E-state index is 0. The summed E-state index contributed by atoms with van der Waals surface area (Å²) in [6.07, 6.45) is 6.74. The Balaban J connectivity index is -0.000000110. The Kier molecular flexibility index (Phi) is 89.5. The summed E-state index contributed by atoms with van der Waals surface area (Å²) in [7, 11) is 0. The Morgan fingerprint density at radius 2 is 0.891 bits per heavy atom. The van der Waals surface area contributed by atoms with Crippen molar-refractivity contribution < 1.29 is 115 Å². The first-order valence-electron chi connectivity index (χ1n) is 33.7. The molecule has 0 bridgehead atoms. The first-order valence-corrected chi connectivity index (χ1v) is 39.0. The Bertz CT molecular complexity index is 2730. The van der Waals surface area contributed by atoms with Crippen molar-refractivity contribution in [2.24, 2.45) is 11.5 Å². The Morgan fingerprint density at radius 3 is 1.05 bits per heavy atom. The van der Waals surface area contributed by atoms with Gasteiger partial charge in [-0.1, -0.05) is 52.8 Å². The molecule has 1 aliphatic heterocycles. The zero-order valence-electron chi connectivity index (χ0n) is 67.0. The predicted octanol–water partition coefficient (Wildman–Crippen LogP) is 17.1. The molecular weight excluding hydrogens is 1890 g/mol. The van der Waals surface area contributed by atoms with Crippen molar-refractivity contribution in [3.63, 3.8) is 0 Å². The third-order valence-electron chi connectivity index (χ3n) is 10.9. The number of halogens is 12. The molecule has 4 aliphatic rings. The number of aliphatic hydroxyl groups is 4. The molecule has 5 heterocycles. The van der Waals surface area contributed by atoms with E-state index in [2.05, 4.69) is 126 Å². The van der Waals surface area contributed by atoms with Crippen LogP contribution >= 0.6 is 110 Å². The molecule has 36 heteroatoms. The van der Waals surface area contributed by atoms with E-state index in [-0.39, 0.29) is 127 Å². The number of amides is 1. The molecule has 1 saturated heterocycles. The minimum Gasteiger partial charge on any atom is -1.00 e. The van der Waals surface area contributed by atoms with Gasteiger partial charge < -0.3 is 89.7 Å². The average molecular weight is 2020 g/mol. The van der Waals surface area contributed by atoms with Gasteiger partial charge in [0.2, 0.25) is 6.29 Å². The van der Waals surface area contributed by atoms with Gasteiger partial charge in [-0.15, -0.1) is 46.4 Å². The molecule has 4 aromatic heterocycles. The van der Waals surface area contributed by atoms with E-state index in [0.717, 1.165) is 86.7 Å². The van der Waals surface area contributed by atoms with Crippen molar-refractivity contribution >= 4 is 158 Å². The number of nitrogens with zero attached hydrogens (tertiary/aromatic N) is 6. The van der Waals surface area contributed by atoms with Crippen LogP contribution in [0.1, 0.15) is 226 Å².